The standard InChI is InChI=1S/C12H10ClNO2S2/c1-7-11(12(15)16)18-10(14-7)6-17-9-4-2-8(13)3-5-9/h2-5H,6H2,1H3,(H,15,16). The third-order valence-electron chi connectivity index (χ3n) is 2.21. The number of thiazole rings is 1. The van der Waals surface area contributed by atoms with Gasteiger partial charge in [0.15, 0.2) is 0 Å². The monoisotopic (exact) mass is 299 g/mol. The molecule has 94 valence electrons. The predicted molar refractivity (Wildman–Crippen MR) is 74.8 cm³/mol. The molecule has 0 fully saturated rings. The van der Waals surface area contributed by atoms with E-state index in [0.717, 1.165) is 9.90 Å². The highest BCUT2D eigenvalue weighted by Gasteiger charge is 2.13. The average molecular weight is 300 g/mol. The normalized spacial score (nSPS) is 10.6. The first-order chi connectivity index (χ1) is 8.56. The molecule has 0 atom stereocenters. The molecule has 0 amide bonds. The van der Waals surface area contributed by atoms with Crippen molar-refractivity contribution < 1.29 is 9.90 Å². The van der Waals surface area contributed by atoms with Gasteiger partial charge in [-0.25, -0.2) is 9.78 Å². The van der Waals surface area contributed by atoms with E-state index < -0.39 is 5.97 Å². The minimum absolute atomic E-state index is 0.321. The summed E-state index contributed by atoms with van der Waals surface area (Å²) in [4.78, 5) is 16.6. The third kappa shape index (κ3) is 3.25. The van der Waals surface area contributed by atoms with Crippen molar-refractivity contribution in [3.8, 4) is 0 Å². The first-order valence-corrected chi connectivity index (χ1v) is 7.32. The third-order valence-corrected chi connectivity index (χ3v) is 4.81. The molecule has 1 aromatic heterocycles. The molecule has 0 saturated carbocycles. The van der Waals surface area contributed by atoms with Gasteiger partial charge in [0.2, 0.25) is 0 Å². The van der Waals surface area contributed by atoms with Gasteiger partial charge in [-0.05, 0) is 31.2 Å². The molecule has 0 bridgehead atoms. The minimum Gasteiger partial charge on any atom is -0.477 e. The molecule has 0 radical (unpaired) electrons. The number of benzene rings is 1. The second kappa shape index (κ2) is 5.73. The number of nitrogens with zero attached hydrogens (tertiary/aromatic N) is 1. The summed E-state index contributed by atoms with van der Waals surface area (Å²) in [7, 11) is 0. The number of carboxylic acid groups (broad SMARTS) is 1. The minimum atomic E-state index is -0.909. The Bertz CT molecular complexity index is 566. The van der Waals surface area contributed by atoms with Crippen LogP contribution in [0.5, 0.6) is 0 Å². The van der Waals surface area contributed by atoms with Gasteiger partial charge in [-0.1, -0.05) is 11.6 Å². The molecule has 0 saturated heterocycles. The van der Waals surface area contributed by atoms with E-state index in [-0.39, 0.29) is 0 Å². The van der Waals surface area contributed by atoms with Crippen LogP contribution in [-0.4, -0.2) is 16.1 Å². The van der Waals surface area contributed by atoms with Crippen molar-refractivity contribution in [2.24, 2.45) is 0 Å². The fourth-order valence-corrected chi connectivity index (χ4v) is 3.31. The summed E-state index contributed by atoms with van der Waals surface area (Å²) in [5.41, 5.74) is 0.583. The highest BCUT2D eigenvalue weighted by molar-refractivity contribution is 7.98. The summed E-state index contributed by atoms with van der Waals surface area (Å²) >= 11 is 8.65. The van der Waals surface area contributed by atoms with Crippen LogP contribution in [0, 0.1) is 6.92 Å². The number of rotatable bonds is 4. The summed E-state index contributed by atoms with van der Waals surface area (Å²) in [5, 5.41) is 10.5. The zero-order chi connectivity index (χ0) is 13.1. The van der Waals surface area contributed by atoms with Crippen molar-refractivity contribution >= 4 is 40.7 Å². The second-order valence-corrected chi connectivity index (χ2v) is 6.14. The predicted octanol–water partition coefficient (Wildman–Crippen LogP) is 4.10. The number of halogens is 1. The van der Waals surface area contributed by atoms with Gasteiger partial charge >= 0.3 is 5.97 Å². The molecule has 1 heterocycles. The average Bonchev–Trinajstić information content (AvgIpc) is 2.70. The highest BCUT2D eigenvalue weighted by Crippen LogP contribution is 2.27. The van der Waals surface area contributed by atoms with Gasteiger partial charge in [0.25, 0.3) is 0 Å². The van der Waals surface area contributed by atoms with E-state index in [4.69, 9.17) is 16.7 Å². The van der Waals surface area contributed by atoms with Gasteiger partial charge in [-0.15, -0.1) is 23.1 Å². The lowest BCUT2D eigenvalue weighted by Crippen LogP contribution is -1.94. The summed E-state index contributed by atoms with van der Waals surface area (Å²) in [6.07, 6.45) is 0. The van der Waals surface area contributed by atoms with Crippen molar-refractivity contribution in [1.82, 2.24) is 4.98 Å². The van der Waals surface area contributed by atoms with Crippen molar-refractivity contribution in [2.75, 3.05) is 0 Å². The van der Waals surface area contributed by atoms with E-state index in [1.54, 1.807) is 18.7 Å². The van der Waals surface area contributed by atoms with E-state index in [0.29, 0.717) is 21.3 Å². The quantitative estimate of drug-likeness (QED) is 0.864. The van der Waals surface area contributed by atoms with Crippen molar-refractivity contribution in [3.63, 3.8) is 0 Å². The molecule has 0 aliphatic rings. The van der Waals surface area contributed by atoms with Gasteiger partial charge in [-0.3, -0.25) is 0 Å². The number of thioether (sulfide) groups is 1. The maximum absolute atomic E-state index is 10.9. The Morgan fingerprint density at radius 1 is 1.44 bits per heavy atom. The van der Waals surface area contributed by atoms with Crippen LogP contribution in [0.1, 0.15) is 20.4 Å². The van der Waals surface area contributed by atoms with Crippen LogP contribution in [0.4, 0.5) is 0 Å². The number of hydrogen-bond acceptors (Lipinski definition) is 4. The molecule has 2 rings (SSSR count). The van der Waals surface area contributed by atoms with E-state index in [9.17, 15) is 4.79 Å². The van der Waals surface area contributed by atoms with Crippen molar-refractivity contribution in [3.05, 3.63) is 44.9 Å². The molecular formula is C12H10ClNO2S2. The molecule has 18 heavy (non-hydrogen) atoms. The largest absolute Gasteiger partial charge is 0.477 e. The maximum Gasteiger partial charge on any atom is 0.347 e. The zero-order valence-corrected chi connectivity index (χ0v) is 11.9. The Labute approximate surface area is 118 Å². The Kier molecular flexibility index (Phi) is 4.27. The summed E-state index contributed by atoms with van der Waals surface area (Å²) in [6.45, 7) is 1.72. The SMILES string of the molecule is Cc1nc(CSc2ccc(Cl)cc2)sc1C(=O)O. The Hall–Kier alpha value is -1.04. The van der Waals surface area contributed by atoms with Crippen molar-refractivity contribution in [2.45, 2.75) is 17.6 Å². The van der Waals surface area contributed by atoms with Crippen LogP contribution >= 0.6 is 34.7 Å². The van der Waals surface area contributed by atoms with Crippen LogP contribution in [0.3, 0.4) is 0 Å². The molecule has 6 heteroatoms. The van der Waals surface area contributed by atoms with E-state index in [1.807, 2.05) is 24.3 Å². The zero-order valence-electron chi connectivity index (χ0n) is 9.51. The summed E-state index contributed by atoms with van der Waals surface area (Å²) in [5.74, 6) is -0.242. The van der Waals surface area contributed by atoms with Gasteiger partial charge in [-0.2, -0.15) is 0 Å². The number of carboxylic acids is 1. The van der Waals surface area contributed by atoms with Gasteiger partial charge in [0, 0.05) is 9.92 Å². The van der Waals surface area contributed by atoms with Crippen LogP contribution < -0.4 is 0 Å². The summed E-state index contributed by atoms with van der Waals surface area (Å²) < 4.78 is 0. The van der Waals surface area contributed by atoms with Crippen LogP contribution in [0.25, 0.3) is 0 Å². The first-order valence-electron chi connectivity index (χ1n) is 5.14. The van der Waals surface area contributed by atoms with Gasteiger partial charge in [0.05, 0.1) is 11.4 Å². The van der Waals surface area contributed by atoms with Crippen LogP contribution in [0.15, 0.2) is 29.2 Å². The lowest BCUT2D eigenvalue weighted by molar-refractivity contribution is 0.0701. The smallest absolute Gasteiger partial charge is 0.347 e. The lowest BCUT2D eigenvalue weighted by Gasteiger charge is -1.98. The molecule has 0 aliphatic heterocycles. The van der Waals surface area contributed by atoms with Crippen LogP contribution in [-0.2, 0) is 5.75 Å². The van der Waals surface area contributed by atoms with Gasteiger partial charge < -0.3 is 5.11 Å². The maximum atomic E-state index is 10.9. The molecule has 0 spiro atoms. The van der Waals surface area contributed by atoms with Gasteiger partial charge in [0.1, 0.15) is 9.88 Å². The molecule has 0 unspecified atom stereocenters. The topological polar surface area (TPSA) is 50.2 Å². The number of aromatic nitrogens is 1. The first kappa shape index (κ1) is 13.4. The van der Waals surface area contributed by atoms with Crippen molar-refractivity contribution in [1.29, 1.82) is 0 Å². The summed E-state index contributed by atoms with van der Waals surface area (Å²) in [6, 6.07) is 7.54. The molecular weight excluding hydrogens is 290 g/mol. The molecule has 3 nitrogen and oxygen atoms in total. The van der Waals surface area contributed by atoms with E-state index in [1.165, 1.54) is 11.3 Å². The molecule has 2 aromatic rings. The molecule has 1 N–H and O–H groups in total. The van der Waals surface area contributed by atoms with E-state index in [2.05, 4.69) is 4.98 Å². The van der Waals surface area contributed by atoms with Crippen LogP contribution in [0.2, 0.25) is 5.02 Å². The Balaban J connectivity index is 2.04. The molecule has 1 aromatic carbocycles. The Morgan fingerprint density at radius 2 is 2.11 bits per heavy atom. The number of aryl methyl sites for hydroxylation is 1. The lowest BCUT2D eigenvalue weighted by atomic mass is 10.4. The number of carbonyl (C=O) groups is 1. The fourth-order valence-electron chi connectivity index (χ4n) is 1.39. The molecule has 0 aliphatic carbocycles. The highest BCUT2D eigenvalue weighted by atomic mass is 35.5. The number of hydrogen-bond donors (Lipinski definition) is 1. The second-order valence-electron chi connectivity index (χ2n) is 3.57. The Morgan fingerprint density at radius 3 is 2.67 bits per heavy atom. The number of aromatic carboxylic acids is 1. The van der Waals surface area contributed by atoms with E-state index >= 15 is 0 Å². The fraction of sp³-hybridized carbons (Fsp3) is 0.167.